The zero-order valence-electron chi connectivity index (χ0n) is 14.2. The highest BCUT2D eigenvalue weighted by Gasteiger charge is 2.24. The van der Waals surface area contributed by atoms with Crippen LogP contribution in [0.3, 0.4) is 0 Å². The topological polar surface area (TPSA) is 55.6 Å². The first-order valence-electron chi connectivity index (χ1n) is 8.37. The normalized spacial score (nSPS) is 18.0. The molecule has 1 fully saturated rings. The Hall–Kier alpha value is -1.20. The van der Waals surface area contributed by atoms with Crippen LogP contribution in [-0.2, 0) is 0 Å². The first kappa shape index (κ1) is 18.1. The van der Waals surface area contributed by atoms with Crippen LogP contribution in [-0.4, -0.2) is 49.1 Å². The predicted octanol–water partition coefficient (Wildman–Crippen LogP) is 2.94. The van der Waals surface area contributed by atoms with Crippen LogP contribution in [0.25, 0.3) is 0 Å². The van der Waals surface area contributed by atoms with Gasteiger partial charge >= 0.3 is 0 Å². The molecule has 1 aromatic carbocycles. The highest BCUT2D eigenvalue weighted by atomic mass is 32.2. The number of nitrogens with zero attached hydrogens (tertiary/aromatic N) is 1. The summed E-state index contributed by atoms with van der Waals surface area (Å²) in [6.45, 7) is 4.94. The van der Waals surface area contributed by atoms with E-state index in [2.05, 4.69) is 6.26 Å². The van der Waals surface area contributed by atoms with Gasteiger partial charge in [-0.1, -0.05) is 6.07 Å². The van der Waals surface area contributed by atoms with Crippen LogP contribution in [0.2, 0.25) is 0 Å². The van der Waals surface area contributed by atoms with E-state index in [1.807, 2.05) is 41.8 Å². The second-order valence-electron chi connectivity index (χ2n) is 6.19. The van der Waals surface area contributed by atoms with E-state index in [1.54, 1.807) is 0 Å². The van der Waals surface area contributed by atoms with Gasteiger partial charge in [0.2, 0.25) is 0 Å². The second-order valence-corrected chi connectivity index (χ2v) is 7.10. The Morgan fingerprint density at radius 2 is 2.30 bits per heavy atom. The number of ether oxygens (including phenoxy) is 1. The summed E-state index contributed by atoms with van der Waals surface area (Å²) in [6.07, 6.45) is 5.28. The van der Waals surface area contributed by atoms with Crippen LogP contribution in [0, 0.1) is 12.8 Å². The SMILES string of the molecule is CSCC1CCCN(C(=O)c2ccc(C)c(OCCCN)c2)C1. The first-order chi connectivity index (χ1) is 11.2. The molecule has 1 aliphatic rings. The molecule has 1 heterocycles. The van der Waals surface area contributed by atoms with Gasteiger partial charge in [-0.2, -0.15) is 11.8 Å². The minimum Gasteiger partial charge on any atom is -0.493 e. The molecule has 128 valence electrons. The molecule has 1 atom stereocenters. The van der Waals surface area contributed by atoms with Gasteiger partial charge in [-0.15, -0.1) is 0 Å². The summed E-state index contributed by atoms with van der Waals surface area (Å²) in [7, 11) is 0. The van der Waals surface area contributed by atoms with Crippen molar-refractivity contribution in [1.29, 1.82) is 0 Å². The van der Waals surface area contributed by atoms with Gasteiger partial charge in [0.25, 0.3) is 5.91 Å². The average Bonchev–Trinajstić information content (AvgIpc) is 2.57. The van der Waals surface area contributed by atoms with E-state index in [0.717, 1.165) is 48.6 Å². The van der Waals surface area contributed by atoms with E-state index in [0.29, 0.717) is 19.1 Å². The molecule has 5 heteroatoms. The van der Waals surface area contributed by atoms with E-state index in [4.69, 9.17) is 10.5 Å². The molecule has 0 aromatic heterocycles. The minimum atomic E-state index is 0.125. The summed E-state index contributed by atoms with van der Waals surface area (Å²) in [5, 5.41) is 0. The van der Waals surface area contributed by atoms with Crippen LogP contribution in [0.5, 0.6) is 5.75 Å². The number of carbonyl (C=O) groups excluding carboxylic acids is 1. The number of likely N-dealkylation sites (tertiary alicyclic amines) is 1. The lowest BCUT2D eigenvalue weighted by atomic mass is 9.99. The lowest BCUT2D eigenvalue weighted by Gasteiger charge is -2.32. The highest BCUT2D eigenvalue weighted by Crippen LogP contribution is 2.24. The minimum absolute atomic E-state index is 0.125. The number of amides is 1. The van der Waals surface area contributed by atoms with Crippen molar-refractivity contribution in [2.45, 2.75) is 26.2 Å². The zero-order chi connectivity index (χ0) is 16.7. The highest BCUT2D eigenvalue weighted by molar-refractivity contribution is 7.98. The summed E-state index contributed by atoms with van der Waals surface area (Å²) in [5.41, 5.74) is 7.28. The molecule has 2 N–H and O–H groups in total. The number of hydrogen-bond donors (Lipinski definition) is 1. The fraction of sp³-hybridized carbons (Fsp3) is 0.611. The molecule has 1 aliphatic heterocycles. The standard InChI is InChI=1S/C18H28N2O2S/c1-14-6-7-16(11-17(14)22-10-4-8-19)18(21)20-9-3-5-15(12-20)13-23-2/h6-7,11,15H,3-5,8-10,12-13,19H2,1-2H3. The number of carbonyl (C=O) groups is 1. The van der Waals surface area contributed by atoms with Crippen molar-refractivity contribution in [1.82, 2.24) is 4.90 Å². The molecule has 4 nitrogen and oxygen atoms in total. The number of thioether (sulfide) groups is 1. The second kappa shape index (κ2) is 9.18. The van der Waals surface area contributed by atoms with Gasteiger partial charge in [0.1, 0.15) is 5.75 Å². The quantitative estimate of drug-likeness (QED) is 0.778. The molecular weight excluding hydrogens is 308 g/mol. The van der Waals surface area contributed by atoms with Crippen LogP contribution in [0.15, 0.2) is 18.2 Å². The smallest absolute Gasteiger partial charge is 0.253 e. The maximum atomic E-state index is 12.8. The summed E-state index contributed by atoms with van der Waals surface area (Å²) in [4.78, 5) is 14.8. The molecular formula is C18H28N2O2S. The van der Waals surface area contributed by atoms with Gasteiger partial charge in [-0.25, -0.2) is 0 Å². The number of piperidine rings is 1. The summed E-state index contributed by atoms with van der Waals surface area (Å²) in [5.74, 6) is 2.67. The van der Waals surface area contributed by atoms with Gasteiger partial charge in [-0.3, -0.25) is 4.79 Å². The van der Waals surface area contributed by atoms with E-state index in [1.165, 1.54) is 6.42 Å². The largest absolute Gasteiger partial charge is 0.493 e. The maximum absolute atomic E-state index is 12.8. The van der Waals surface area contributed by atoms with E-state index in [9.17, 15) is 4.79 Å². The zero-order valence-corrected chi connectivity index (χ0v) is 15.0. The van der Waals surface area contributed by atoms with Gasteiger partial charge in [-0.05, 0) is 68.4 Å². The Morgan fingerprint density at radius 3 is 3.04 bits per heavy atom. The van der Waals surface area contributed by atoms with Crippen LogP contribution in [0.1, 0.15) is 35.2 Å². The van der Waals surface area contributed by atoms with Crippen molar-refractivity contribution in [3.8, 4) is 5.75 Å². The molecule has 1 aromatic rings. The van der Waals surface area contributed by atoms with E-state index in [-0.39, 0.29) is 5.91 Å². The molecule has 0 saturated carbocycles. The molecule has 0 spiro atoms. The number of benzene rings is 1. The molecule has 1 saturated heterocycles. The first-order valence-corrected chi connectivity index (χ1v) is 9.76. The predicted molar refractivity (Wildman–Crippen MR) is 97.4 cm³/mol. The van der Waals surface area contributed by atoms with Gasteiger partial charge in [0.05, 0.1) is 6.61 Å². The van der Waals surface area contributed by atoms with Crippen molar-refractivity contribution in [2.24, 2.45) is 11.7 Å². The van der Waals surface area contributed by atoms with Crippen LogP contribution < -0.4 is 10.5 Å². The van der Waals surface area contributed by atoms with E-state index < -0.39 is 0 Å². The fourth-order valence-electron chi connectivity index (χ4n) is 2.96. The van der Waals surface area contributed by atoms with Crippen molar-refractivity contribution in [2.75, 3.05) is 38.2 Å². The summed E-state index contributed by atoms with van der Waals surface area (Å²) < 4.78 is 5.76. The van der Waals surface area contributed by atoms with Crippen molar-refractivity contribution in [3.05, 3.63) is 29.3 Å². The fourth-order valence-corrected chi connectivity index (χ4v) is 3.70. The molecule has 0 aliphatic carbocycles. The maximum Gasteiger partial charge on any atom is 0.253 e. The Labute approximate surface area is 143 Å². The van der Waals surface area contributed by atoms with Crippen molar-refractivity contribution >= 4 is 17.7 Å². The van der Waals surface area contributed by atoms with Crippen molar-refractivity contribution in [3.63, 3.8) is 0 Å². The van der Waals surface area contributed by atoms with Crippen LogP contribution in [0.4, 0.5) is 0 Å². The summed E-state index contributed by atoms with van der Waals surface area (Å²) in [6, 6.07) is 5.76. The lowest BCUT2D eigenvalue weighted by molar-refractivity contribution is 0.0685. The number of nitrogens with two attached hydrogens (primary N) is 1. The number of aryl methyl sites for hydroxylation is 1. The Bertz CT molecular complexity index is 520. The van der Waals surface area contributed by atoms with Gasteiger partial charge in [0.15, 0.2) is 0 Å². The van der Waals surface area contributed by atoms with Gasteiger partial charge in [0, 0.05) is 18.7 Å². The van der Waals surface area contributed by atoms with Crippen molar-refractivity contribution < 1.29 is 9.53 Å². The molecule has 23 heavy (non-hydrogen) atoms. The third kappa shape index (κ3) is 5.15. The molecule has 1 amide bonds. The molecule has 2 rings (SSSR count). The Kier molecular flexibility index (Phi) is 7.24. The number of rotatable bonds is 7. The molecule has 1 unspecified atom stereocenters. The Morgan fingerprint density at radius 1 is 1.48 bits per heavy atom. The third-order valence-corrected chi connectivity index (χ3v) is 5.05. The molecule has 0 bridgehead atoms. The monoisotopic (exact) mass is 336 g/mol. The molecule has 0 radical (unpaired) electrons. The lowest BCUT2D eigenvalue weighted by Crippen LogP contribution is -2.40. The van der Waals surface area contributed by atoms with Crippen LogP contribution >= 0.6 is 11.8 Å². The van der Waals surface area contributed by atoms with Gasteiger partial charge < -0.3 is 15.4 Å². The Balaban J connectivity index is 2.04. The van der Waals surface area contributed by atoms with E-state index >= 15 is 0 Å². The average molecular weight is 337 g/mol. The third-order valence-electron chi connectivity index (χ3n) is 4.25. The summed E-state index contributed by atoms with van der Waals surface area (Å²) >= 11 is 1.87. The number of hydrogen-bond acceptors (Lipinski definition) is 4.